The molecule has 2 rings (SSSR count). The minimum atomic E-state index is -4.44. The lowest BCUT2D eigenvalue weighted by molar-refractivity contribution is -0.138. The maximum atomic E-state index is 12.8. The van der Waals surface area contributed by atoms with Gasteiger partial charge < -0.3 is 9.84 Å². The van der Waals surface area contributed by atoms with Gasteiger partial charge >= 0.3 is 12.1 Å². The van der Waals surface area contributed by atoms with Crippen LogP contribution in [0.15, 0.2) is 36.4 Å². The molecule has 0 saturated heterocycles. The number of rotatable bonds is 4. The van der Waals surface area contributed by atoms with Crippen molar-refractivity contribution in [1.29, 1.82) is 0 Å². The third kappa shape index (κ3) is 3.55. The molecule has 0 aliphatic heterocycles. The molecule has 0 radical (unpaired) electrons. The summed E-state index contributed by atoms with van der Waals surface area (Å²) in [6.45, 7) is 0. The van der Waals surface area contributed by atoms with Gasteiger partial charge in [-0.05, 0) is 29.8 Å². The molecular formula is C15H12F3NO3. The van der Waals surface area contributed by atoms with Gasteiger partial charge in [-0.15, -0.1) is 0 Å². The van der Waals surface area contributed by atoms with Crippen LogP contribution in [0.3, 0.4) is 0 Å². The molecular weight excluding hydrogens is 299 g/mol. The van der Waals surface area contributed by atoms with Gasteiger partial charge in [0, 0.05) is 5.56 Å². The van der Waals surface area contributed by atoms with Crippen molar-refractivity contribution in [3.8, 4) is 17.0 Å². The molecule has 0 unspecified atom stereocenters. The summed E-state index contributed by atoms with van der Waals surface area (Å²) in [5, 5.41) is 8.74. The van der Waals surface area contributed by atoms with Crippen molar-refractivity contribution in [2.24, 2.45) is 0 Å². The molecule has 0 spiro atoms. The standard InChI is InChI=1S/C15H12F3NO3/c1-22-14-12(6-5-11(19-14)8-13(20)21)9-3-2-4-10(7-9)15(16,17)18/h2-7H,8H2,1H3,(H,20,21). The van der Waals surface area contributed by atoms with Crippen molar-refractivity contribution < 1.29 is 27.8 Å². The summed E-state index contributed by atoms with van der Waals surface area (Å²) in [7, 11) is 1.32. The van der Waals surface area contributed by atoms with Crippen LogP contribution in [0, 0.1) is 0 Å². The average Bonchev–Trinajstić information content (AvgIpc) is 2.45. The highest BCUT2D eigenvalue weighted by Gasteiger charge is 2.30. The maximum Gasteiger partial charge on any atom is 0.416 e. The number of ether oxygens (including phenoxy) is 1. The van der Waals surface area contributed by atoms with Crippen LogP contribution in [0.1, 0.15) is 11.3 Å². The van der Waals surface area contributed by atoms with Gasteiger partial charge in [-0.1, -0.05) is 12.1 Å². The van der Waals surface area contributed by atoms with E-state index >= 15 is 0 Å². The first-order valence-corrected chi connectivity index (χ1v) is 6.24. The van der Waals surface area contributed by atoms with Crippen LogP contribution in [0.2, 0.25) is 0 Å². The van der Waals surface area contributed by atoms with Crippen molar-refractivity contribution in [2.45, 2.75) is 12.6 Å². The van der Waals surface area contributed by atoms with Crippen molar-refractivity contribution in [3.63, 3.8) is 0 Å². The quantitative estimate of drug-likeness (QED) is 0.940. The van der Waals surface area contributed by atoms with Gasteiger partial charge in [-0.2, -0.15) is 13.2 Å². The first-order valence-electron chi connectivity index (χ1n) is 6.24. The molecule has 4 nitrogen and oxygen atoms in total. The van der Waals surface area contributed by atoms with Crippen LogP contribution < -0.4 is 4.74 Å². The van der Waals surface area contributed by atoms with Gasteiger partial charge in [0.15, 0.2) is 0 Å². The van der Waals surface area contributed by atoms with Gasteiger partial charge in [-0.3, -0.25) is 4.79 Å². The zero-order chi connectivity index (χ0) is 16.3. The molecule has 0 aliphatic carbocycles. The number of carboxylic acid groups (broad SMARTS) is 1. The van der Waals surface area contributed by atoms with E-state index in [0.29, 0.717) is 11.1 Å². The Labute approximate surface area is 124 Å². The zero-order valence-electron chi connectivity index (χ0n) is 11.5. The fourth-order valence-electron chi connectivity index (χ4n) is 1.97. The second-order valence-electron chi connectivity index (χ2n) is 4.51. The summed E-state index contributed by atoms with van der Waals surface area (Å²) in [4.78, 5) is 14.7. The summed E-state index contributed by atoms with van der Waals surface area (Å²) in [6.07, 6.45) is -4.74. The van der Waals surface area contributed by atoms with E-state index in [9.17, 15) is 18.0 Å². The van der Waals surface area contributed by atoms with E-state index in [4.69, 9.17) is 9.84 Å². The number of nitrogens with zero attached hydrogens (tertiary/aromatic N) is 1. The lowest BCUT2D eigenvalue weighted by Crippen LogP contribution is -2.05. The number of carboxylic acids is 1. The average molecular weight is 311 g/mol. The molecule has 1 aromatic heterocycles. The smallest absolute Gasteiger partial charge is 0.416 e. The van der Waals surface area contributed by atoms with E-state index in [0.717, 1.165) is 12.1 Å². The normalized spacial score (nSPS) is 11.3. The number of hydrogen-bond donors (Lipinski definition) is 1. The highest BCUT2D eigenvalue weighted by atomic mass is 19.4. The van der Waals surface area contributed by atoms with E-state index in [1.165, 1.54) is 31.4 Å². The Hall–Kier alpha value is -2.57. The van der Waals surface area contributed by atoms with E-state index in [1.807, 2.05) is 0 Å². The van der Waals surface area contributed by atoms with E-state index < -0.39 is 17.7 Å². The van der Waals surface area contributed by atoms with Gasteiger partial charge in [0.1, 0.15) is 0 Å². The minimum absolute atomic E-state index is 0.0816. The minimum Gasteiger partial charge on any atom is -0.481 e. The summed E-state index contributed by atoms with van der Waals surface area (Å²) in [6, 6.07) is 7.72. The molecule has 0 fully saturated rings. The molecule has 1 N–H and O–H groups in total. The van der Waals surface area contributed by atoms with Gasteiger partial charge in [0.2, 0.25) is 5.88 Å². The summed E-state index contributed by atoms with van der Waals surface area (Å²) in [5.41, 5.74) is 0.144. The molecule has 1 aromatic carbocycles. The van der Waals surface area contributed by atoms with Crippen LogP contribution in [-0.2, 0) is 17.4 Å². The number of pyridine rings is 1. The lowest BCUT2D eigenvalue weighted by atomic mass is 10.0. The first-order chi connectivity index (χ1) is 10.3. The number of methoxy groups -OCH3 is 1. The first kappa shape index (κ1) is 15.8. The van der Waals surface area contributed by atoms with Crippen LogP contribution >= 0.6 is 0 Å². The fraction of sp³-hybridized carbons (Fsp3) is 0.200. The van der Waals surface area contributed by atoms with Crippen molar-refractivity contribution in [3.05, 3.63) is 47.7 Å². The largest absolute Gasteiger partial charge is 0.481 e. The third-order valence-electron chi connectivity index (χ3n) is 2.94. The molecule has 2 aromatic rings. The Balaban J connectivity index is 2.46. The van der Waals surface area contributed by atoms with Crippen molar-refractivity contribution >= 4 is 5.97 Å². The summed E-state index contributed by atoms with van der Waals surface area (Å²) >= 11 is 0. The molecule has 0 saturated carbocycles. The SMILES string of the molecule is COc1nc(CC(=O)O)ccc1-c1cccc(C(F)(F)F)c1. The predicted octanol–water partition coefficient (Wildman–Crippen LogP) is 3.40. The van der Waals surface area contributed by atoms with Crippen LogP contribution in [-0.4, -0.2) is 23.2 Å². The number of halogens is 3. The lowest BCUT2D eigenvalue weighted by Gasteiger charge is -2.12. The van der Waals surface area contributed by atoms with Gasteiger partial charge in [-0.25, -0.2) is 4.98 Å². The van der Waals surface area contributed by atoms with Crippen molar-refractivity contribution in [2.75, 3.05) is 7.11 Å². The second kappa shape index (κ2) is 6.05. The summed E-state index contributed by atoms with van der Waals surface area (Å²) < 4.78 is 43.3. The van der Waals surface area contributed by atoms with E-state index in [-0.39, 0.29) is 18.0 Å². The zero-order valence-corrected chi connectivity index (χ0v) is 11.5. The van der Waals surface area contributed by atoms with Crippen LogP contribution in [0.25, 0.3) is 11.1 Å². The Bertz CT molecular complexity index is 699. The van der Waals surface area contributed by atoms with E-state index in [1.54, 1.807) is 0 Å². The Morgan fingerprint density at radius 2 is 2.00 bits per heavy atom. The van der Waals surface area contributed by atoms with Crippen LogP contribution in [0.4, 0.5) is 13.2 Å². The monoisotopic (exact) mass is 311 g/mol. The highest BCUT2D eigenvalue weighted by molar-refractivity contribution is 5.72. The number of aliphatic carboxylic acids is 1. The maximum absolute atomic E-state index is 12.8. The fourth-order valence-corrected chi connectivity index (χ4v) is 1.97. The Morgan fingerprint density at radius 3 is 2.59 bits per heavy atom. The Kier molecular flexibility index (Phi) is 4.35. The molecule has 0 amide bonds. The third-order valence-corrected chi connectivity index (χ3v) is 2.94. The molecule has 116 valence electrons. The molecule has 22 heavy (non-hydrogen) atoms. The van der Waals surface area contributed by atoms with Crippen LogP contribution in [0.5, 0.6) is 5.88 Å². The Morgan fingerprint density at radius 1 is 1.27 bits per heavy atom. The van der Waals surface area contributed by atoms with Gasteiger partial charge in [0.05, 0.1) is 24.8 Å². The number of benzene rings is 1. The highest BCUT2D eigenvalue weighted by Crippen LogP contribution is 2.34. The number of aromatic nitrogens is 1. The molecule has 0 bridgehead atoms. The summed E-state index contributed by atoms with van der Waals surface area (Å²) in [5.74, 6) is -0.973. The molecule has 0 atom stereocenters. The molecule has 1 heterocycles. The number of alkyl halides is 3. The number of hydrogen-bond acceptors (Lipinski definition) is 3. The topological polar surface area (TPSA) is 59.4 Å². The number of carbonyl (C=O) groups is 1. The molecule has 7 heteroatoms. The molecule has 0 aliphatic rings. The van der Waals surface area contributed by atoms with E-state index in [2.05, 4.69) is 4.98 Å². The second-order valence-corrected chi connectivity index (χ2v) is 4.51. The van der Waals surface area contributed by atoms with Gasteiger partial charge in [0.25, 0.3) is 0 Å². The predicted molar refractivity (Wildman–Crippen MR) is 72.6 cm³/mol. The van der Waals surface area contributed by atoms with Crippen molar-refractivity contribution in [1.82, 2.24) is 4.98 Å².